The lowest BCUT2D eigenvalue weighted by Gasteiger charge is -2.15. The normalized spacial score (nSPS) is 11.9. The molecule has 0 aliphatic heterocycles. The molecule has 2 rings (SSSR count). The zero-order valence-corrected chi connectivity index (χ0v) is 14.9. The third-order valence-electron chi connectivity index (χ3n) is 3.95. The van der Waals surface area contributed by atoms with Crippen LogP contribution in [0.3, 0.4) is 0 Å². The SMILES string of the molecule is Cc1ccc(CNCc2ccccc2S(=O)(=O)N(C)C)cc1C. The second kappa shape index (κ2) is 7.25. The van der Waals surface area contributed by atoms with Gasteiger partial charge in [-0.3, -0.25) is 0 Å². The van der Waals surface area contributed by atoms with E-state index < -0.39 is 10.0 Å². The molecule has 0 atom stereocenters. The van der Waals surface area contributed by atoms with Gasteiger partial charge in [0.05, 0.1) is 4.90 Å². The van der Waals surface area contributed by atoms with Gasteiger partial charge in [0.1, 0.15) is 0 Å². The summed E-state index contributed by atoms with van der Waals surface area (Å²) in [5.41, 5.74) is 4.52. The van der Waals surface area contributed by atoms with E-state index in [4.69, 9.17) is 0 Å². The minimum atomic E-state index is -3.42. The fourth-order valence-corrected chi connectivity index (χ4v) is 3.47. The highest BCUT2D eigenvalue weighted by Crippen LogP contribution is 2.18. The van der Waals surface area contributed by atoms with E-state index in [9.17, 15) is 8.42 Å². The maximum atomic E-state index is 12.4. The van der Waals surface area contributed by atoms with E-state index in [-0.39, 0.29) is 0 Å². The summed E-state index contributed by atoms with van der Waals surface area (Å²) in [5.74, 6) is 0. The molecule has 4 nitrogen and oxygen atoms in total. The molecule has 0 amide bonds. The van der Waals surface area contributed by atoms with E-state index in [0.29, 0.717) is 18.0 Å². The lowest BCUT2D eigenvalue weighted by Crippen LogP contribution is -2.24. The molecular weight excluding hydrogens is 308 g/mol. The van der Waals surface area contributed by atoms with Crippen LogP contribution < -0.4 is 5.32 Å². The molecule has 1 N–H and O–H groups in total. The molecule has 0 bridgehead atoms. The van der Waals surface area contributed by atoms with Gasteiger partial charge < -0.3 is 5.32 Å². The number of benzene rings is 2. The molecular formula is C18H24N2O2S. The predicted octanol–water partition coefficient (Wildman–Crippen LogP) is 2.84. The van der Waals surface area contributed by atoms with Crippen molar-refractivity contribution in [1.29, 1.82) is 0 Å². The van der Waals surface area contributed by atoms with Gasteiger partial charge in [-0.15, -0.1) is 0 Å². The van der Waals surface area contributed by atoms with Crippen molar-refractivity contribution in [3.63, 3.8) is 0 Å². The molecule has 0 unspecified atom stereocenters. The van der Waals surface area contributed by atoms with Gasteiger partial charge in [-0.1, -0.05) is 36.4 Å². The van der Waals surface area contributed by atoms with Gasteiger partial charge in [-0.05, 0) is 42.2 Å². The van der Waals surface area contributed by atoms with Gasteiger partial charge in [0.25, 0.3) is 0 Å². The van der Waals surface area contributed by atoms with Crippen molar-refractivity contribution in [3.8, 4) is 0 Å². The topological polar surface area (TPSA) is 49.4 Å². The van der Waals surface area contributed by atoms with Crippen LogP contribution in [0.25, 0.3) is 0 Å². The van der Waals surface area contributed by atoms with Gasteiger partial charge in [0.15, 0.2) is 0 Å². The Hall–Kier alpha value is -1.69. The van der Waals surface area contributed by atoms with Crippen molar-refractivity contribution in [3.05, 3.63) is 64.7 Å². The summed E-state index contributed by atoms with van der Waals surface area (Å²) in [4.78, 5) is 0.359. The standard InChI is InChI=1S/C18H24N2O2S/c1-14-9-10-16(11-15(14)2)12-19-13-17-7-5-6-8-18(17)23(21,22)20(3)4/h5-11,19H,12-13H2,1-4H3. The van der Waals surface area contributed by atoms with Crippen molar-refractivity contribution in [2.45, 2.75) is 31.8 Å². The van der Waals surface area contributed by atoms with E-state index in [2.05, 4.69) is 37.4 Å². The van der Waals surface area contributed by atoms with E-state index in [1.165, 1.54) is 21.0 Å². The molecule has 0 spiro atoms. The summed E-state index contributed by atoms with van der Waals surface area (Å²) in [6.07, 6.45) is 0. The quantitative estimate of drug-likeness (QED) is 0.885. The first kappa shape index (κ1) is 17.7. The minimum absolute atomic E-state index is 0.359. The van der Waals surface area contributed by atoms with Crippen molar-refractivity contribution in [1.82, 2.24) is 9.62 Å². The molecule has 5 heteroatoms. The summed E-state index contributed by atoms with van der Waals surface area (Å²) in [7, 11) is -0.321. The Morgan fingerprint density at radius 3 is 2.30 bits per heavy atom. The molecule has 2 aromatic carbocycles. The first-order valence-electron chi connectivity index (χ1n) is 7.59. The van der Waals surface area contributed by atoms with Gasteiger partial charge in [0, 0.05) is 27.2 Å². The number of sulfonamides is 1. The smallest absolute Gasteiger partial charge is 0.242 e. The first-order chi connectivity index (χ1) is 10.8. The van der Waals surface area contributed by atoms with Crippen molar-refractivity contribution in [2.24, 2.45) is 0 Å². The molecule has 0 aliphatic rings. The van der Waals surface area contributed by atoms with E-state index >= 15 is 0 Å². The molecule has 0 radical (unpaired) electrons. The number of rotatable bonds is 6. The Kier molecular flexibility index (Phi) is 5.57. The van der Waals surface area contributed by atoms with Gasteiger partial charge >= 0.3 is 0 Å². The number of hydrogen-bond donors (Lipinski definition) is 1. The predicted molar refractivity (Wildman–Crippen MR) is 93.8 cm³/mol. The van der Waals surface area contributed by atoms with Crippen LogP contribution in [0, 0.1) is 13.8 Å². The molecule has 0 saturated heterocycles. The third kappa shape index (κ3) is 4.19. The molecule has 0 heterocycles. The Morgan fingerprint density at radius 2 is 1.65 bits per heavy atom. The van der Waals surface area contributed by atoms with Crippen LogP contribution in [0.4, 0.5) is 0 Å². The Balaban J connectivity index is 2.11. The maximum absolute atomic E-state index is 12.4. The maximum Gasteiger partial charge on any atom is 0.242 e. The van der Waals surface area contributed by atoms with E-state index in [0.717, 1.165) is 5.56 Å². The average molecular weight is 332 g/mol. The molecule has 124 valence electrons. The van der Waals surface area contributed by atoms with Crippen LogP contribution in [0.2, 0.25) is 0 Å². The summed E-state index contributed by atoms with van der Waals surface area (Å²) in [6, 6.07) is 13.5. The van der Waals surface area contributed by atoms with Crippen molar-refractivity contribution in [2.75, 3.05) is 14.1 Å². The monoisotopic (exact) mass is 332 g/mol. The Labute approximate surface area is 139 Å². The second-order valence-corrected chi connectivity index (χ2v) is 8.04. The molecule has 0 aromatic heterocycles. The Bertz CT molecular complexity index is 783. The zero-order chi connectivity index (χ0) is 17.0. The molecule has 2 aromatic rings. The molecule has 23 heavy (non-hydrogen) atoms. The highest BCUT2D eigenvalue weighted by atomic mass is 32.2. The Morgan fingerprint density at radius 1 is 0.957 bits per heavy atom. The summed E-state index contributed by atoms with van der Waals surface area (Å²) in [5, 5.41) is 3.33. The molecule has 0 aliphatic carbocycles. The fourth-order valence-electron chi connectivity index (χ4n) is 2.35. The second-order valence-electron chi connectivity index (χ2n) is 5.92. The van der Waals surface area contributed by atoms with E-state index in [1.54, 1.807) is 26.2 Å². The number of nitrogens with one attached hydrogen (secondary N) is 1. The molecule has 0 fully saturated rings. The van der Waals surface area contributed by atoms with Gasteiger partial charge in [0.2, 0.25) is 10.0 Å². The van der Waals surface area contributed by atoms with Crippen LogP contribution in [-0.4, -0.2) is 26.8 Å². The highest BCUT2D eigenvalue weighted by molar-refractivity contribution is 7.89. The van der Waals surface area contributed by atoms with Crippen LogP contribution in [0.15, 0.2) is 47.4 Å². The number of aryl methyl sites for hydroxylation is 2. The fraction of sp³-hybridized carbons (Fsp3) is 0.333. The van der Waals surface area contributed by atoms with Crippen molar-refractivity contribution < 1.29 is 8.42 Å². The average Bonchev–Trinajstić information content (AvgIpc) is 2.51. The largest absolute Gasteiger partial charge is 0.309 e. The van der Waals surface area contributed by atoms with Crippen molar-refractivity contribution >= 4 is 10.0 Å². The minimum Gasteiger partial charge on any atom is -0.309 e. The third-order valence-corrected chi connectivity index (χ3v) is 5.86. The van der Waals surface area contributed by atoms with Crippen LogP contribution in [0.1, 0.15) is 22.3 Å². The number of nitrogens with zero attached hydrogens (tertiary/aromatic N) is 1. The number of hydrogen-bond acceptors (Lipinski definition) is 3. The van der Waals surface area contributed by atoms with Gasteiger partial charge in [-0.2, -0.15) is 0 Å². The lowest BCUT2D eigenvalue weighted by molar-refractivity contribution is 0.518. The summed E-state index contributed by atoms with van der Waals surface area (Å²) >= 11 is 0. The van der Waals surface area contributed by atoms with Crippen LogP contribution in [-0.2, 0) is 23.1 Å². The zero-order valence-electron chi connectivity index (χ0n) is 14.1. The summed E-state index contributed by atoms with van der Waals surface area (Å²) < 4.78 is 26.0. The first-order valence-corrected chi connectivity index (χ1v) is 9.03. The lowest BCUT2D eigenvalue weighted by atomic mass is 10.1. The highest BCUT2D eigenvalue weighted by Gasteiger charge is 2.20. The summed E-state index contributed by atoms with van der Waals surface area (Å²) in [6.45, 7) is 5.40. The van der Waals surface area contributed by atoms with Crippen LogP contribution >= 0.6 is 0 Å². The van der Waals surface area contributed by atoms with Gasteiger partial charge in [-0.25, -0.2) is 12.7 Å². The van der Waals surface area contributed by atoms with E-state index in [1.807, 2.05) is 12.1 Å². The molecule has 0 saturated carbocycles. The van der Waals surface area contributed by atoms with Crippen LogP contribution in [0.5, 0.6) is 0 Å².